The lowest BCUT2D eigenvalue weighted by Gasteiger charge is -2.03. The normalized spacial score (nSPS) is 12.5. The Morgan fingerprint density at radius 3 is 2.21 bits per heavy atom. The fourth-order valence-corrected chi connectivity index (χ4v) is 1.50. The van der Waals surface area contributed by atoms with E-state index in [1.807, 2.05) is 30.3 Å². The number of benzene rings is 1. The van der Waals surface area contributed by atoms with Gasteiger partial charge >= 0.3 is 6.18 Å². The van der Waals surface area contributed by atoms with Crippen molar-refractivity contribution in [2.24, 2.45) is 4.99 Å². The maximum absolute atomic E-state index is 12.2. The van der Waals surface area contributed by atoms with Gasteiger partial charge in [-0.1, -0.05) is 41.9 Å². The van der Waals surface area contributed by atoms with Gasteiger partial charge in [-0.3, -0.25) is 0 Å². The summed E-state index contributed by atoms with van der Waals surface area (Å²) in [5.74, 6) is -0.0815. The summed E-state index contributed by atoms with van der Waals surface area (Å²) in [6.07, 6.45) is -3.20. The fourth-order valence-electron chi connectivity index (χ4n) is 1.42. The first kappa shape index (κ1) is 13.5. The second kappa shape index (κ2) is 5.40. The first-order valence-electron chi connectivity index (χ1n) is 5.29. The molecule has 2 aromatic rings. The molecule has 98 valence electrons. The highest BCUT2D eigenvalue weighted by atomic mass is 35.5. The molecule has 6 heteroatoms. The van der Waals surface area contributed by atoms with Crippen LogP contribution in [0, 0.1) is 0 Å². The van der Waals surface area contributed by atoms with E-state index >= 15 is 0 Å². The zero-order valence-electron chi connectivity index (χ0n) is 9.53. The summed E-state index contributed by atoms with van der Waals surface area (Å²) in [6, 6.07) is 12.4. The van der Waals surface area contributed by atoms with Crippen molar-refractivity contribution in [2.45, 2.75) is 6.18 Å². The zero-order chi connectivity index (χ0) is 13.9. The number of rotatable bonds is 2. The number of hydrogen-bond acceptors (Lipinski definition) is 2. The van der Waals surface area contributed by atoms with Crippen LogP contribution in [0.25, 0.3) is 11.1 Å². The van der Waals surface area contributed by atoms with Gasteiger partial charge in [-0.25, -0.2) is 9.98 Å². The predicted molar refractivity (Wildman–Crippen MR) is 68.7 cm³/mol. The van der Waals surface area contributed by atoms with Crippen molar-refractivity contribution in [2.75, 3.05) is 0 Å². The standard InChI is InChI=1S/C13H8ClF3N2/c14-12(13(15,16)17)19-11-7-6-10(8-18-11)9-4-2-1-3-5-9/h1-8H. The van der Waals surface area contributed by atoms with E-state index in [1.165, 1.54) is 12.3 Å². The van der Waals surface area contributed by atoms with Crippen LogP contribution in [0.2, 0.25) is 0 Å². The summed E-state index contributed by atoms with van der Waals surface area (Å²) in [5.41, 5.74) is 1.72. The SMILES string of the molecule is FC(F)(F)C(Cl)=Nc1ccc(-c2ccccc2)cn1. The van der Waals surface area contributed by atoms with E-state index in [2.05, 4.69) is 9.98 Å². The molecule has 0 spiro atoms. The van der Waals surface area contributed by atoms with Crippen molar-refractivity contribution in [3.05, 3.63) is 48.7 Å². The Morgan fingerprint density at radius 1 is 1.00 bits per heavy atom. The predicted octanol–water partition coefficient (Wildman–Crippen LogP) is 4.58. The molecular weight excluding hydrogens is 277 g/mol. The van der Waals surface area contributed by atoms with E-state index < -0.39 is 11.3 Å². The van der Waals surface area contributed by atoms with Crippen LogP contribution in [-0.2, 0) is 0 Å². The molecule has 1 heterocycles. The number of pyridine rings is 1. The molecule has 0 aliphatic heterocycles. The fraction of sp³-hybridized carbons (Fsp3) is 0.0769. The Morgan fingerprint density at radius 2 is 1.68 bits per heavy atom. The lowest BCUT2D eigenvalue weighted by atomic mass is 10.1. The van der Waals surface area contributed by atoms with Crippen molar-refractivity contribution < 1.29 is 13.2 Å². The largest absolute Gasteiger partial charge is 0.444 e. The number of hydrogen-bond donors (Lipinski definition) is 0. The third kappa shape index (κ3) is 3.54. The third-order valence-corrected chi connectivity index (χ3v) is 2.60. The van der Waals surface area contributed by atoms with Crippen molar-refractivity contribution in [1.29, 1.82) is 0 Å². The summed E-state index contributed by atoms with van der Waals surface area (Å²) in [7, 11) is 0. The quantitative estimate of drug-likeness (QED) is 0.741. The summed E-state index contributed by atoms with van der Waals surface area (Å²) in [4.78, 5) is 7.05. The molecule has 1 aromatic heterocycles. The monoisotopic (exact) mass is 284 g/mol. The second-order valence-electron chi connectivity index (χ2n) is 3.67. The van der Waals surface area contributed by atoms with Crippen molar-refractivity contribution in [3.63, 3.8) is 0 Å². The highest BCUT2D eigenvalue weighted by Gasteiger charge is 2.34. The summed E-state index contributed by atoms with van der Waals surface area (Å²) >= 11 is 5.03. The van der Waals surface area contributed by atoms with Gasteiger partial charge in [0.2, 0.25) is 5.17 Å². The van der Waals surface area contributed by atoms with E-state index in [1.54, 1.807) is 6.07 Å². The van der Waals surface area contributed by atoms with E-state index in [9.17, 15) is 13.2 Å². The smallest absolute Gasteiger partial charge is 0.236 e. The van der Waals surface area contributed by atoms with Crippen LogP contribution in [0.15, 0.2) is 53.7 Å². The van der Waals surface area contributed by atoms with Crippen molar-refractivity contribution in [3.8, 4) is 11.1 Å². The molecule has 2 nitrogen and oxygen atoms in total. The first-order valence-corrected chi connectivity index (χ1v) is 5.67. The highest BCUT2D eigenvalue weighted by molar-refractivity contribution is 6.67. The topological polar surface area (TPSA) is 25.2 Å². The summed E-state index contributed by atoms with van der Waals surface area (Å²) in [6.45, 7) is 0. The maximum Gasteiger partial charge on any atom is 0.444 e. The average molecular weight is 285 g/mol. The Kier molecular flexibility index (Phi) is 3.85. The molecule has 0 aliphatic carbocycles. The number of nitrogens with zero attached hydrogens (tertiary/aromatic N) is 2. The molecule has 0 radical (unpaired) electrons. The van der Waals surface area contributed by atoms with Crippen LogP contribution in [-0.4, -0.2) is 16.3 Å². The van der Waals surface area contributed by atoms with Gasteiger partial charge in [-0.15, -0.1) is 0 Å². The Bertz CT molecular complexity index is 577. The molecule has 0 amide bonds. The molecular formula is C13H8ClF3N2. The Labute approximate surface area is 112 Å². The van der Waals surface area contributed by atoms with Crippen LogP contribution < -0.4 is 0 Å². The molecule has 0 saturated carbocycles. The van der Waals surface area contributed by atoms with E-state index in [-0.39, 0.29) is 5.82 Å². The number of aromatic nitrogens is 1. The van der Waals surface area contributed by atoms with E-state index in [0.29, 0.717) is 0 Å². The van der Waals surface area contributed by atoms with Crippen LogP contribution >= 0.6 is 11.6 Å². The maximum atomic E-state index is 12.2. The van der Waals surface area contributed by atoms with Crippen molar-refractivity contribution in [1.82, 2.24) is 4.98 Å². The molecule has 0 bridgehead atoms. The Hall–Kier alpha value is -1.88. The first-order chi connectivity index (χ1) is 8.97. The average Bonchev–Trinajstić information content (AvgIpc) is 2.39. The van der Waals surface area contributed by atoms with Gasteiger partial charge in [0.1, 0.15) is 0 Å². The molecule has 0 fully saturated rings. The summed E-state index contributed by atoms with van der Waals surface area (Å²) in [5, 5.41) is -1.44. The zero-order valence-corrected chi connectivity index (χ0v) is 10.3. The minimum absolute atomic E-state index is 0.0815. The van der Waals surface area contributed by atoms with Gasteiger partial charge in [0, 0.05) is 11.8 Å². The molecule has 19 heavy (non-hydrogen) atoms. The van der Waals surface area contributed by atoms with Crippen LogP contribution in [0.1, 0.15) is 0 Å². The van der Waals surface area contributed by atoms with Gasteiger partial charge in [0.15, 0.2) is 5.82 Å². The molecule has 0 unspecified atom stereocenters. The van der Waals surface area contributed by atoms with Crippen LogP contribution in [0.3, 0.4) is 0 Å². The number of halogens is 4. The molecule has 0 aliphatic rings. The highest BCUT2D eigenvalue weighted by Crippen LogP contribution is 2.24. The van der Waals surface area contributed by atoms with E-state index in [0.717, 1.165) is 11.1 Å². The second-order valence-corrected chi connectivity index (χ2v) is 4.03. The minimum atomic E-state index is -4.65. The van der Waals surface area contributed by atoms with Gasteiger partial charge in [0.05, 0.1) is 0 Å². The van der Waals surface area contributed by atoms with E-state index in [4.69, 9.17) is 11.6 Å². The minimum Gasteiger partial charge on any atom is -0.236 e. The molecule has 0 atom stereocenters. The third-order valence-electron chi connectivity index (χ3n) is 2.30. The Balaban J connectivity index is 2.25. The van der Waals surface area contributed by atoms with Gasteiger partial charge in [-0.05, 0) is 17.7 Å². The van der Waals surface area contributed by atoms with Gasteiger partial charge in [0.25, 0.3) is 0 Å². The number of aliphatic imine (C=N–C) groups is 1. The lowest BCUT2D eigenvalue weighted by molar-refractivity contribution is -0.0558. The molecule has 0 saturated heterocycles. The van der Waals surface area contributed by atoms with Gasteiger partial charge in [-0.2, -0.15) is 13.2 Å². The number of alkyl halides is 3. The molecule has 0 N–H and O–H groups in total. The lowest BCUT2D eigenvalue weighted by Crippen LogP contribution is -2.16. The van der Waals surface area contributed by atoms with Crippen LogP contribution in [0.4, 0.5) is 19.0 Å². The molecule has 2 rings (SSSR count). The summed E-state index contributed by atoms with van der Waals surface area (Å²) < 4.78 is 36.6. The van der Waals surface area contributed by atoms with Crippen molar-refractivity contribution >= 4 is 22.6 Å². The molecule has 1 aromatic carbocycles. The van der Waals surface area contributed by atoms with Gasteiger partial charge < -0.3 is 0 Å². The van der Waals surface area contributed by atoms with Crippen LogP contribution in [0.5, 0.6) is 0 Å².